The van der Waals surface area contributed by atoms with Gasteiger partial charge in [0.2, 0.25) is 5.43 Å². The zero-order chi connectivity index (χ0) is 17.2. The number of aliphatic hydroxyl groups excluding tert-OH is 1. The van der Waals surface area contributed by atoms with Crippen LogP contribution in [-0.2, 0) is 0 Å². The van der Waals surface area contributed by atoms with Crippen LogP contribution in [0.3, 0.4) is 0 Å². The fourth-order valence-electron chi connectivity index (χ4n) is 3.11. The number of benzene rings is 1. The van der Waals surface area contributed by atoms with Gasteiger partial charge in [0.15, 0.2) is 0 Å². The highest BCUT2D eigenvalue weighted by Gasteiger charge is 2.36. The topological polar surface area (TPSA) is 82.8 Å². The van der Waals surface area contributed by atoms with Crippen LogP contribution in [0.1, 0.15) is 15.7 Å². The van der Waals surface area contributed by atoms with E-state index in [4.69, 9.17) is 0 Å². The highest BCUT2D eigenvalue weighted by atomic mass is 32.2. The van der Waals surface area contributed by atoms with E-state index in [0.29, 0.717) is 5.52 Å². The molecule has 0 saturated carbocycles. The lowest BCUT2D eigenvalue weighted by Gasteiger charge is -2.39. The van der Waals surface area contributed by atoms with Crippen LogP contribution in [-0.4, -0.2) is 46.6 Å². The van der Waals surface area contributed by atoms with E-state index in [1.54, 1.807) is 4.90 Å². The van der Waals surface area contributed by atoms with Crippen molar-refractivity contribution in [1.82, 2.24) is 4.57 Å². The standard InChI is InChI=1S/C15H12F2N2O4S/c16-3-11-19-9-2-10(18-4-6(20)5-18)8(17)1-7(9)13(21)12(15(22)23)14(19)24-11/h1-2,6,11,20H,3-5H2,(H,22,23). The number of fused-ring (bicyclic) bond motifs is 3. The summed E-state index contributed by atoms with van der Waals surface area (Å²) in [5.41, 5.74) is -0.718. The molecule has 1 saturated heterocycles. The molecule has 4 rings (SSSR count). The number of thioether (sulfide) groups is 1. The van der Waals surface area contributed by atoms with E-state index in [1.807, 2.05) is 0 Å². The smallest absolute Gasteiger partial charge is 0.342 e. The molecule has 0 spiro atoms. The Hall–Kier alpha value is -2.13. The maximum absolute atomic E-state index is 14.4. The van der Waals surface area contributed by atoms with Gasteiger partial charge < -0.3 is 19.7 Å². The fourth-order valence-corrected chi connectivity index (χ4v) is 4.23. The monoisotopic (exact) mass is 354 g/mol. The Morgan fingerprint density at radius 3 is 2.67 bits per heavy atom. The molecule has 1 atom stereocenters. The number of aromatic carboxylic acids is 1. The zero-order valence-corrected chi connectivity index (χ0v) is 13.0. The molecule has 0 radical (unpaired) electrons. The van der Waals surface area contributed by atoms with Gasteiger partial charge in [-0.25, -0.2) is 13.6 Å². The van der Waals surface area contributed by atoms with Gasteiger partial charge in [0.05, 0.1) is 22.3 Å². The SMILES string of the molecule is O=C(O)c1c2n(c3cc(N4CC(O)C4)c(F)cc3c1=O)C(CF)S2. The number of nitrogens with zero attached hydrogens (tertiary/aromatic N) is 2. The van der Waals surface area contributed by atoms with E-state index in [1.165, 1.54) is 10.6 Å². The molecule has 1 aromatic carbocycles. The molecule has 0 amide bonds. The molecular weight excluding hydrogens is 342 g/mol. The summed E-state index contributed by atoms with van der Waals surface area (Å²) >= 11 is 0.981. The van der Waals surface area contributed by atoms with E-state index in [9.17, 15) is 28.6 Å². The van der Waals surface area contributed by atoms with Gasteiger partial charge in [-0.2, -0.15) is 0 Å². The number of halogens is 2. The van der Waals surface area contributed by atoms with Crippen LogP contribution in [0.5, 0.6) is 0 Å². The van der Waals surface area contributed by atoms with Crippen molar-refractivity contribution in [2.75, 3.05) is 24.7 Å². The Kier molecular flexibility index (Phi) is 3.33. The van der Waals surface area contributed by atoms with Gasteiger partial charge in [0, 0.05) is 18.5 Å². The summed E-state index contributed by atoms with van der Waals surface area (Å²) in [6, 6.07) is 2.42. The first-order chi connectivity index (χ1) is 11.4. The number of carbonyl (C=O) groups is 1. The average molecular weight is 354 g/mol. The molecular formula is C15H12F2N2O4S. The van der Waals surface area contributed by atoms with Crippen molar-refractivity contribution < 1.29 is 23.8 Å². The van der Waals surface area contributed by atoms with Crippen molar-refractivity contribution >= 4 is 34.3 Å². The minimum absolute atomic E-state index is 0.0859. The number of pyridine rings is 1. The van der Waals surface area contributed by atoms with Crippen molar-refractivity contribution in [2.24, 2.45) is 0 Å². The van der Waals surface area contributed by atoms with Crippen LogP contribution in [0.25, 0.3) is 10.9 Å². The van der Waals surface area contributed by atoms with Gasteiger partial charge in [-0.3, -0.25) is 4.79 Å². The molecule has 2 aliphatic heterocycles. The van der Waals surface area contributed by atoms with Crippen molar-refractivity contribution in [3.63, 3.8) is 0 Å². The molecule has 24 heavy (non-hydrogen) atoms. The van der Waals surface area contributed by atoms with Crippen LogP contribution < -0.4 is 10.3 Å². The number of β-amino-alcohol motifs (C(OH)–C–C–N with tert-alkyl or cyclic N) is 1. The van der Waals surface area contributed by atoms with E-state index in [-0.39, 0.29) is 29.2 Å². The minimum atomic E-state index is -1.41. The molecule has 1 aromatic heterocycles. The minimum Gasteiger partial charge on any atom is -0.477 e. The molecule has 9 heteroatoms. The van der Waals surface area contributed by atoms with Crippen molar-refractivity contribution in [1.29, 1.82) is 0 Å². The Morgan fingerprint density at radius 2 is 2.08 bits per heavy atom. The number of carboxylic acids is 1. The second-order valence-corrected chi connectivity index (χ2v) is 6.96. The van der Waals surface area contributed by atoms with E-state index in [0.717, 1.165) is 17.8 Å². The van der Waals surface area contributed by atoms with E-state index < -0.39 is 40.9 Å². The molecule has 2 N–H and O–H groups in total. The highest BCUT2D eigenvalue weighted by Crippen LogP contribution is 2.47. The first-order valence-corrected chi connectivity index (χ1v) is 8.11. The van der Waals surface area contributed by atoms with Gasteiger partial charge in [-0.1, -0.05) is 11.8 Å². The third-order valence-electron chi connectivity index (χ3n) is 4.31. The summed E-state index contributed by atoms with van der Waals surface area (Å²) < 4.78 is 29.0. The third-order valence-corrected chi connectivity index (χ3v) is 5.55. The second kappa shape index (κ2) is 5.18. The summed E-state index contributed by atoms with van der Waals surface area (Å²) in [5.74, 6) is -2.09. The Morgan fingerprint density at radius 1 is 1.38 bits per heavy atom. The lowest BCUT2D eigenvalue weighted by Crippen LogP contribution is -2.51. The number of carboxylic acid groups (broad SMARTS) is 1. The number of rotatable bonds is 3. The van der Waals surface area contributed by atoms with E-state index >= 15 is 0 Å². The molecule has 3 heterocycles. The lowest BCUT2D eigenvalue weighted by atomic mass is 10.1. The fraction of sp³-hybridized carbons (Fsp3) is 0.333. The summed E-state index contributed by atoms with van der Waals surface area (Å²) in [4.78, 5) is 25.4. The second-order valence-electron chi connectivity index (χ2n) is 5.79. The Labute approximate surface area is 138 Å². The van der Waals surface area contributed by atoms with Gasteiger partial charge in [-0.05, 0) is 12.1 Å². The predicted molar refractivity (Wildman–Crippen MR) is 84.2 cm³/mol. The largest absolute Gasteiger partial charge is 0.477 e. The van der Waals surface area contributed by atoms with Gasteiger partial charge >= 0.3 is 5.97 Å². The van der Waals surface area contributed by atoms with Gasteiger partial charge in [0.1, 0.15) is 23.4 Å². The van der Waals surface area contributed by atoms with Crippen molar-refractivity contribution in [2.45, 2.75) is 16.5 Å². The van der Waals surface area contributed by atoms with Crippen molar-refractivity contribution in [3.8, 4) is 0 Å². The predicted octanol–water partition coefficient (Wildman–Crippen LogP) is 1.59. The first-order valence-electron chi connectivity index (χ1n) is 7.23. The quantitative estimate of drug-likeness (QED) is 0.871. The van der Waals surface area contributed by atoms with Gasteiger partial charge in [-0.15, -0.1) is 0 Å². The molecule has 126 valence electrons. The number of alkyl halides is 1. The number of aromatic nitrogens is 1. The van der Waals surface area contributed by atoms with Crippen LogP contribution in [0, 0.1) is 5.82 Å². The van der Waals surface area contributed by atoms with Gasteiger partial charge in [0.25, 0.3) is 0 Å². The van der Waals surface area contributed by atoms with Crippen molar-refractivity contribution in [3.05, 3.63) is 33.7 Å². The normalized spacial score (nSPS) is 19.8. The zero-order valence-electron chi connectivity index (χ0n) is 12.2. The molecule has 0 bridgehead atoms. The van der Waals surface area contributed by atoms with Crippen LogP contribution in [0.4, 0.5) is 14.5 Å². The number of aliphatic hydroxyl groups is 1. The summed E-state index contributed by atoms with van der Waals surface area (Å²) in [7, 11) is 0. The molecule has 1 unspecified atom stereocenters. The number of anilines is 1. The van der Waals surface area contributed by atoms with Crippen LogP contribution in [0.15, 0.2) is 22.0 Å². The van der Waals surface area contributed by atoms with Crippen LogP contribution >= 0.6 is 11.8 Å². The molecule has 2 aromatic rings. The number of hydrogen-bond acceptors (Lipinski definition) is 5. The molecule has 1 fully saturated rings. The summed E-state index contributed by atoms with van der Waals surface area (Å²) in [5, 5.41) is 18.1. The summed E-state index contributed by atoms with van der Waals surface area (Å²) in [6.45, 7) is -0.189. The summed E-state index contributed by atoms with van der Waals surface area (Å²) in [6.07, 6.45) is -0.533. The lowest BCUT2D eigenvalue weighted by molar-refractivity contribution is 0.0689. The first kappa shape index (κ1) is 15.4. The van der Waals surface area contributed by atoms with E-state index in [2.05, 4.69) is 0 Å². The average Bonchev–Trinajstić information content (AvgIpc) is 2.47. The maximum Gasteiger partial charge on any atom is 0.342 e. The Bertz CT molecular complexity index is 939. The Balaban J connectivity index is 2.00. The highest BCUT2D eigenvalue weighted by molar-refractivity contribution is 8.00. The molecule has 6 nitrogen and oxygen atoms in total. The third kappa shape index (κ3) is 1.97. The molecule has 0 aliphatic carbocycles. The number of hydrogen-bond donors (Lipinski definition) is 2. The maximum atomic E-state index is 14.4. The molecule has 2 aliphatic rings. The van der Waals surface area contributed by atoms with Crippen LogP contribution in [0.2, 0.25) is 0 Å².